The summed E-state index contributed by atoms with van der Waals surface area (Å²) in [4.78, 5) is 19.5. The molecule has 1 aliphatic rings. The summed E-state index contributed by atoms with van der Waals surface area (Å²) < 4.78 is 25.3. The molecule has 0 spiro atoms. The lowest BCUT2D eigenvalue weighted by atomic mass is 10.1. The molecule has 198 valence electrons. The monoisotopic (exact) mass is 537 g/mol. The molecule has 0 saturated carbocycles. The SMILES string of the molecule is CCN(CC)CC=CC(=O)Nc1cc2c(Nc3ccc(F)c(Cl)c3)c(C#N)cnc2cc1OC1CCOC1. The maximum Gasteiger partial charge on any atom is 0.248 e. The lowest BCUT2D eigenvalue weighted by Gasteiger charge is -2.18. The second-order valence-corrected chi connectivity index (χ2v) is 9.17. The number of carbonyl (C=O) groups excluding carboxylic acids is 1. The first-order valence-electron chi connectivity index (χ1n) is 12.4. The minimum atomic E-state index is -0.547. The molecule has 1 aliphatic heterocycles. The number of halogens is 2. The Kier molecular flexibility index (Phi) is 9.13. The van der Waals surface area contributed by atoms with E-state index in [2.05, 4.69) is 40.4 Å². The molecule has 10 heteroatoms. The number of nitrogens with one attached hydrogen (secondary N) is 2. The minimum absolute atomic E-state index is 0.0502. The highest BCUT2D eigenvalue weighted by molar-refractivity contribution is 6.31. The zero-order chi connectivity index (χ0) is 27.1. The molecule has 0 aliphatic carbocycles. The van der Waals surface area contributed by atoms with E-state index in [-0.39, 0.29) is 22.6 Å². The van der Waals surface area contributed by atoms with Gasteiger partial charge in [0.05, 0.1) is 40.7 Å². The second-order valence-electron chi connectivity index (χ2n) is 8.76. The summed E-state index contributed by atoms with van der Waals surface area (Å²) in [6.07, 6.45) is 5.34. The fraction of sp³-hybridized carbons (Fsp3) is 0.321. The topological polar surface area (TPSA) is 99.5 Å². The van der Waals surface area contributed by atoms with Crippen molar-refractivity contribution in [2.24, 2.45) is 0 Å². The van der Waals surface area contributed by atoms with Gasteiger partial charge in [0.1, 0.15) is 23.7 Å². The number of fused-ring (bicyclic) bond motifs is 1. The summed E-state index contributed by atoms with van der Waals surface area (Å²) in [5, 5.41) is 16.4. The molecule has 3 aromatic rings. The van der Waals surface area contributed by atoms with Gasteiger partial charge in [-0.2, -0.15) is 5.26 Å². The third kappa shape index (κ3) is 6.58. The first-order chi connectivity index (χ1) is 18.4. The molecule has 0 radical (unpaired) electrons. The number of ether oxygens (including phenoxy) is 2. The third-order valence-electron chi connectivity index (χ3n) is 6.25. The summed E-state index contributed by atoms with van der Waals surface area (Å²) in [5.41, 5.74) is 2.19. The van der Waals surface area contributed by atoms with Gasteiger partial charge in [-0.15, -0.1) is 0 Å². The van der Waals surface area contributed by atoms with Crippen LogP contribution in [0.3, 0.4) is 0 Å². The number of benzene rings is 2. The molecule has 1 fully saturated rings. The number of hydrogen-bond acceptors (Lipinski definition) is 7. The molecule has 2 aromatic carbocycles. The molecule has 2 N–H and O–H groups in total. The van der Waals surface area contributed by atoms with Gasteiger partial charge in [-0.3, -0.25) is 9.78 Å². The first kappa shape index (κ1) is 27.3. The molecule has 1 saturated heterocycles. The average molecular weight is 538 g/mol. The Morgan fingerprint density at radius 2 is 2.16 bits per heavy atom. The highest BCUT2D eigenvalue weighted by Crippen LogP contribution is 2.37. The van der Waals surface area contributed by atoms with Crippen LogP contribution in [0.15, 0.2) is 48.7 Å². The van der Waals surface area contributed by atoms with Crippen molar-refractivity contribution in [3.05, 3.63) is 65.1 Å². The van der Waals surface area contributed by atoms with Crippen LogP contribution in [0, 0.1) is 17.1 Å². The van der Waals surface area contributed by atoms with Gasteiger partial charge in [-0.05, 0) is 37.4 Å². The molecular formula is C28H29ClFN5O3. The number of pyridine rings is 1. The molecule has 1 amide bonds. The number of nitriles is 1. The van der Waals surface area contributed by atoms with Crippen molar-refractivity contribution in [3.8, 4) is 11.8 Å². The van der Waals surface area contributed by atoms with Crippen LogP contribution in [0.2, 0.25) is 5.02 Å². The maximum atomic E-state index is 13.7. The zero-order valence-electron chi connectivity index (χ0n) is 21.3. The van der Waals surface area contributed by atoms with Gasteiger partial charge >= 0.3 is 0 Å². The summed E-state index contributed by atoms with van der Waals surface area (Å²) in [6.45, 7) is 7.62. The van der Waals surface area contributed by atoms with Gasteiger partial charge in [0.2, 0.25) is 5.91 Å². The highest BCUT2D eigenvalue weighted by atomic mass is 35.5. The van der Waals surface area contributed by atoms with Crippen LogP contribution in [0.25, 0.3) is 10.9 Å². The van der Waals surface area contributed by atoms with Crippen molar-refractivity contribution in [1.82, 2.24) is 9.88 Å². The number of likely N-dealkylation sites (N-methyl/N-ethyl adjacent to an activating group) is 1. The number of hydrogen-bond donors (Lipinski definition) is 2. The summed E-state index contributed by atoms with van der Waals surface area (Å²) in [6, 6.07) is 9.78. The molecule has 1 aromatic heterocycles. The van der Waals surface area contributed by atoms with Crippen molar-refractivity contribution in [3.63, 3.8) is 0 Å². The lowest BCUT2D eigenvalue weighted by Crippen LogP contribution is -2.23. The van der Waals surface area contributed by atoms with Crippen LogP contribution in [-0.4, -0.2) is 54.7 Å². The Labute approximate surface area is 226 Å². The summed E-state index contributed by atoms with van der Waals surface area (Å²) >= 11 is 5.96. The van der Waals surface area contributed by atoms with Crippen molar-refractivity contribution in [2.45, 2.75) is 26.4 Å². The Morgan fingerprint density at radius 3 is 2.84 bits per heavy atom. The van der Waals surface area contributed by atoms with Crippen LogP contribution in [0.1, 0.15) is 25.8 Å². The van der Waals surface area contributed by atoms with Gasteiger partial charge in [0.15, 0.2) is 0 Å². The van der Waals surface area contributed by atoms with E-state index in [9.17, 15) is 14.4 Å². The van der Waals surface area contributed by atoms with Crippen LogP contribution < -0.4 is 15.4 Å². The standard InChI is InChI=1S/C28H29ClFN5O3/c1-3-35(4-2)10-5-6-27(36)34-25-13-21-24(14-26(25)38-20-9-11-37-17-20)32-16-18(15-31)28(21)33-19-7-8-23(30)22(29)12-19/h5-8,12-14,16,20H,3-4,9-11,17H2,1-2H3,(H,32,33)(H,34,36). The van der Waals surface area contributed by atoms with Crippen molar-refractivity contribution in [2.75, 3.05) is 43.5 Å². The Hall–Kier alpha value is -3.71. The predicted octanol–water partition coefficient (Wildman–Crippen LogP) is 5.65. The molecule has 2 heterocycles. The maximum absolute atomic E-state index is 13.7. The quantitative estimate of drug-likeness (QED) is 0.322. The van der Waals surface area contributed by atoms with Gasteiger partial charge in [0.25, 0.3) is 0 Å². The number of amides is 1. The average Bonchev–Trinajstić information content (AvgIpc) is 3.42. The molecule has 8 nitrogen and oxygen atoms in total. The predicted molar refractivity (Wildman–Crippen MR) is 147 cm³/mol. The number of nitrogens with zero attached hydrogens (tertiary/aromatic N) is 3. The van der Waals surface area contributed by atoms with E-state index in [1.54, 1.807) is 12.1 Å². The van der Waals surface area contributed by atoms with E-state index in [1.807, 2.05) is 6.08 Å². The summed E-state index contributed by atoms with van der Waals surface area (Å²) in [5.74, 6) is -0.409. The second kappa shape index (κ2) is 12.7. The molecule has 1 atom stereocenters. The van der Waals surface area contributed by atoms with E-state index >= 15 is 0 Å². The Morgan fingerprint density at radius 1 is 1.34 bits per heavy atom. The van der Waals surface area contributed by atoms with Gasteiger partial charge in [-0.25, -0.2) is 4.39 Å². The van der Waals surface area contributed by atoms with E-state index in [0.717, 1.165) is 19.5 Å². The number of rotatable bonds is 10. The minimum Gasteiger partial charge on any atom is -0.486 e. The molecule has 1 unspecified atom stereocenters. The van der Waals surface area contributed by atoms with Crippen molar-refractivity contribution >= 4 is 45.5 Å². The highest BCUT2D eigenvalue weighted by Gasteiger charge is 2.21. The molecular weight excluding hydrogens is 509 g/mol. The summed E-state index contributed by atoms with van der Waals surface area (Å²) in [7, 11) is 0. The fourth-order valence-corrected chi connectivity index (χ4v) is 4.28. The normalized spacial score (nSPS) is 15.2. The number of anilines is 3. The van der Waals surface area contributed by atoms with E-state index < -0.39 is 5.82 Å². The van der Waals surface area contributed by atoms with Crippen LogP contribution in [0.5, 0.6) is 5.75 Å². The molecule has 0 bridgehead atoms. The third-order valence-corrected chi connectivity index (χ3v) is 6.54. The smallest absolute Gasteiger partial charge is 0.248 e. The van der Waals surface area contributed by atoms with Crippen LogP contribution >= 0.6 is 11.6 Å². The first-order valence-corrected chi connectivity index (χ1v) is 12.8. The van der Waals surface area contributed by atoms with Gasteiger partial charge < -0.3 is 25.0 Å². The van der Waals surface area contributed by atoms with Crippen LogP contribution in [0.4, 0.5) is 21.5 Å². The fourth-order valence-electron chi connectivity index (χ4n) is 4.10. The molecule has 4 rings (SSSR count). The number of carbonyl (C=O) groups is 1. The van der Waals surface area contributed by atoms with Gasteiger partial charge in [-0.1, -0.05) is 31.5 Å². The zero-order valence-corrected chi connectivity index (χ0v) is 22.0. The lowest BCUT2D eigenvalue weighted by molar-refractivity contribution is -0.111. The van der Waals surface area contributed by atoms with Crippen molar-refractivity contribution < 1.29 is 18.7 Å². The van der Waals surface area contributed by atoms with E-state index in [1.165, 1.54) is 30.5 Å². The van der Waals surface area contributed by atoms with E-state index in [0.29, 0.717) is 53.5 Å². The van der Waals surface area contributed by atoms with Crippen molar-refractivity contribution in [1.29, 1.82) is 5.26 Å². The Bertz CT molecular complexity index is 1380. The van der Waals surface area contributed by atoms with Crippen LogP contribution in [-0.2, 0) is 9.53 Å². The molecule has 38 heavy (non-hydrogen) atoms. The Balaban J connectivity index is 1.72. The number of aromatic nitrogens is 1. The van der Waals surface area contributed by atoms with E-state index in [4.69, 9.17) is 21.1 Å². The van der Waals surface area contributed by atoms with Gasteiger partial charge in [0, 0.05) is 42.4 Å². The largest absolute Gasteiger partial charge is 0.486 e.